The van der Waals surface area contributed by atoms with Crippen LogP contribution in [0, 0.1) is 0 Å². The molecule has 1 saturated heterocycles. The number of nitrogens with one attached hydrogen (secondary N) is 1. The summed E-state index contributed by atoms with van der Waals surface area (Å²) in [6, 6.07) is 8.34. The van der Waals surface area contributed by atoms with Crippen LogP contribution < -0.4 is 5.32 Å². The van der Waals surface area contributed by atoms with Crippen molar-refractivity contribution in [2.24, 2.45) is 0 Å². The lowest BCUT2D eigenvalue weighted by atomic mass is 9.84. The van der Waals surface area contributed by atoms with Crippen LogP contribution in [0.25, 0.3) is 0 Å². The van der Waals surface area contributed by atoms with Gasteiger partial charge in [-0.1, -0.05) is 31.4 Å². The highest BCUT2D eigenvalue weighted by molar-refractivity contribution is 5.92. The number of nitrogens with zero attached hydrogens (tertiary/aromatic N) is 1. The van der Waals surface area contributed by atoms with Gasteiger partial charge in [0.2, 0.25) is 5.91 Å². The summed E-state index contributed by atoms with van der Waals surface area (Å²) in [6.07, 6.45) is 7.13. The molecule has 1 heterocycles. The van der Waals surface area contributed by atoms with Gasteiger partial charge in [0, 0.05) is 18.8 Å². The molecule has 0 aromatic heterocycles. The van der Waals surface area contributed by atoms with Crippen molar-refractivity contribution in [1.29, 1.82) is 0 Å². The van der Waals surface area contributed by atoms with E-state index in [9.17, 15) is 9.90 Å². The Morgan fingerprint density at radius 1 is 1.14 bits per heavy atom. The average molecular weight is 302 g/mol. The number of rotatable bonds is 4. The van der Waals surface area contributed by atoms with Crippen LogP contribution in [0.2, 0.25) is 0 Å². The number of carbonyl (C=O) groups is 1. The van der Waals surface area contributed by atoms with Crippen LogP contribution in [0.15, 0.2) is 24.3 Å². The fraction of sp³-hybridized carbons (Fsp3) is 0.611. The predicted octanol–water partition coefficient (Wildman–Crippen LogP) is 2.74. The van der Waals surface area contributed by atoms with Crippen molar-refractivity contribution < 1.29 is 9.90 Å². The molecule has 4 nitrogen and oxygen atoms in total. The zero-order chi connectivity index (χ0) is 15.4. The van der Waals surface area contributed by atoms with Crippen molar-refractivity contribution in [2.45, 2.75) is 50.5 Å². The van der Waals surface area contributed by atoms with Gasteiger partial charge in [0.1, 0.15) is 0 Å². The Balaban J connectivity index is 1.51. The number of hydrogen-bond donors (Lipinski definition) is 2. The highest BCUT2D eigenvalue weighted by Crippen LogP contribution is 2.32. The number of aliphatic hydroxyl groups is 1. The minimum atomic E-state index is -0.275. The van der Waals surface area contributed by atoms with Crippen molar-refractivity contribution in [2.75, 3.05) is 25.0 Å². The van der Waals surface area contributed by atoms with E-state index in [4.69, 9.17) is 0 Å². The molecule has 0 spiro atoms. The van der Waals surface area contributed by atoms with E-state index in [2.05, 4.69) is 17.4 Å². The van der Waals surface area contributed by atoms with E-state index in [0.29, 0.717) is 19.0 Å². The van der Waals surface area contributed by atoms with Crippen LogP contribution in [-0.2, 0) is 4.79 Å². The second kappa shape index (κ2) is 7.25. The molecule has 1 atom stereocenters. The zero-order valence-electron chi connectivity index (χ0n) is 13.1. The summed E-state index contributed by atoms with van der Waals surface area (Å²) in [5.41, 5.74) is 2.27. The van der Waals surface area contributed by atoms with E-state index in [1.807, 2.05) is 17.0 Å². The molecule has 1 saturated carbocycles. The third kappa shape index (κ3) is 4.08. The van der Waals surface area contributed by atoms with E-state index in [1.165, 1.54) is 37.7 Å². The minimum Gasteiger partial charge on any atom is -0.392 e. The van der Waals surface area contributed by atoms with E-state index in [1.54, 1.807) is 0 Å². The molecule has 1 aromatic carbocycles. The molecular weight excluding hydrogens is 276 g/mol. The SMILES string of the molecule is O=C(CN1CC[C@@H](O)C1)Nc1ccc(C2CCCCC2)cc1. The third-order valence-corrected chi connectivity index (χ3v) is 4.89. The largest absolute Gasteiger partial charge is 0.392 e. The molecule has 1 amide bonds. The molecule has 1 aromatic rings. The first-order valence-electron chi connectivity index (χ1n) is 8.51. The zero-order valence-corrected chi connectivity index (χ0v) is 13.1. The second-order valence-electron chi connectivity index (χ2n) is 6.68. The summed E-state index contributed by atoms with van der Waals surface area (Å²) in [5.74, 6) is 0.698. The van der Waals surface area contributed by atoms with Crippen LogP contribution >= 0.6 is 0 Å². The molecule has 1 aliphatic carbocycles. The molecule has 0 bridgehead atoms. The summed E-state index contributed by atoms with van der Waals surface area (Å²) in [5, 5.41) is 12.4. The van der Waals surface area contributed by atoms with E-state index in [0.717, 1.165) is 18.7 Å². The first-order chi connectivity index (χ1) is 10.7. The predicted molar refractivity (Wildman–Crippen MR) is 88.0 cm³/mol. The van der Waals surface area contributed by atoms with Crippen LogP contribution in [0.5, 0.6) is 0 Å². The fourth-order valence-corrected chi connectivity index (χ4v) is 3.63. The quantitative estimate of drug-likeness (QED) is 0.899. The molecular formula is C18H26N2O2. The van der Waals surface area contributed by atoms with Crippen molar-refractivity contribution in [3.8, 4) is 0 Å². The van der Waals surface area contributed by atoms with E-state index >= 15 is 0 Å². The first-order valence-corrected chi connectivity index (χ1v) is 8.51. The Hall–Kier alpha value is -1.39. The van der Waals surface area contributed by atoms with Crippen LogP contribution in [0.3, 0.4) is 0 Å². The number of hydrogen-bond acceptors (Lipinski definition) is 3. The number of anilines is 1. The summed E-state index contributed by atoms with van der Waals surface area (Å²) >= 11 is 0. The van der Waals surface area contributed by atoms with Gasteiger partial charge in [-0.15, -0.1) is 0 Å². The van der Waals surface area contributed by atoms with Gasteiger partial charge in [-0.2, -0.15) is 0 Å². The van der Waals surface area contributed by atoms with Crippen LogP contribution in [-0.4, -0.2) is 41.7 Å². The van der Waals surface area contributed by atoms with Gasteiger partial charge in [-0.3, -0.25) is 9.69 Å². The molecule has 1 aliphatic heterocycles. The number of benzene rings is 1. The summed E-state index contributed by atoms with van der Waals surface area (Å²) < 4.78 is 0. The maximum Gasteiger partial charge on any atom is 0.238 e. The first kappa shape index (κ1) is 15.5. The second-order valence-corrected chi connectivity index (χ2v) is 6.68. The summed E-state index contributed by atoms with van der Waals surface area (Å²) in [7, 11) is 0. The Bertz CT molecular complexity index is 494. The van der Waals surface area contributed by atoms with Crippen molar-refractivity contribution in [3.63, 3.8) is 0 Å². The molecule has 0 radical (unpaired) electrons. The van der Waals surface area contributed by atoms with Gasteiger partial charge in [0.15, 0.2) is 0 Å². The molecule has 2 aliphatic rings. The Morgan fingerprint density at radius 2 is 1.86 bits per heavy atom. The minimum absolute atomic E-state index is 0.000448. The number of aliphatic hydroxyl groups excluding tert-OH is 1. The van der Waals surface area contributed by atoms with E-state index < -0.39 is 0 Å². The highest BCUT2D eigenvalue weighted by Gasteiger charge is 2.22. The Morgan fingerprint density at radius 3 is 2.50 bits per heavy atom. The highest BCUT2D eigenvalue weighted by atomic mass is 16.3. The number of β-amino-alcohol motifs (C(OH)–C–C–N with tert-alkyl or cyclic N) is 1. The molecule has 4 heteroatoms. The average Bonchev–Trinajstić information content (AvgIpc) is 2.94. The van der Waals surface area contributed by atoms with E-state index in [-0.39, 0.29) is 12.0 Å². The topological polar surface area (TPSA) is 52.6 Å². The van der Waals surface area contributed by atoms with Gasteiger partial charge in [0.05, 0.1) is 12.6 Å². The number of likely N-dealkylation sites (tertiary alicyclic amines) is 1. The summed E-state index contributed by atoms with van der Waals surface area (Å²) in [4.78, 5) is 14.0. The monoisotopic (exact) mass is 302 g/mol. The maximum absolute atomic E-state index is 12.0. The molecule has 2 N–H and O–H groups in total. The van der Waals surface area contributed by atoms with Crippen molar-refractivity contribution in [3.05, 3.63) is 29.8 Å². The lowest BCUT2D eigenvalue weighted by Gasteiger charge is -2.22. The Kier molecular flexibility index (Phi) is 5.11. The molecule has 0 unspecified atom stereocenters. The summed E-state index contributed by atoms with van der Waals surface area (Å²) in [6.45, 7) is 1.77. The number of amides is 1. The van der Waals surface area contributed by atoms with Gasteiger partial charge in [-0.25, -0.2) is 0 Å². The van der Waals surface area contributed by atoms with Gasteiger partial charge in [-0.05, 0) is 42.9 Å². The Labute approximate surface area is 132 Å². The van der Waals surface area contributed by atoms with Gasteiger partial charge >= 0.3 is 0 Å². The lowest BCUT2D eigenvalue weighted by Crippen LogP contribution is -2.32. The smallest absolute Gasteiger partial charge is 0.238 e. The molecule has 2 fully saturated rings. The van der Waals surface area contributed by atoms with Crippen LogP contribution in [0.1, 0.15) is 50.0 Å². The van der Waals surface area contributed by atoms with Crippen molar-refractivity contribution in [1.82, 2.24) is 4.90 Å². The van der Waals surface area contributed by atoms with Crippen molar-refractivity contribution >= 4 is 11.6 Å². The van der Waals surface area contributed by atoms with Gasteiger partial charge in [0.25, 0.3) is 0 Å². The fourth-order valence-electron chi connectivity index (χ4n) is 3.63. The molecule has 120 valence electrons. The third-order valence-electron chi connectivity index (χ3n) is 4.89. The lowest BCUT2D eigenvalue weighted by molar-refractivity contribution is -0.117. The molecule has 3 rings (SSSR count). The number of carbonyl (C=O) groups excluding carboxylic acids is 1. The van der Waals surface area contributed by atoms with Gasteiger partial charge < -0.3 is 10.4 Å². The standard InChI is InChI=1S/C18H26N2O2/c21-17-10-11-20(12-17)13-18(22)19-16-8-6-15(7-9-16)14-4-2-1-3-5-14/h6-9,14,17,21H,1-5,10-13H2,(H,19,22)/t17-/m1/s1. The normalized spacial score (nSPS) is 23.6. The maximum atomic E-state index is 12.0. The van der Waals surface area contributed by atoms with Crippen LogP contribution in [0.4, 0.5) is 5.69 Å². The molecule has 22 heavy (non-hydrogen) atoms.